The molecule has 80 heavy (non-hydrogen) atoms. The highest BCUT2D eigenvalue weighted by Crippen LogP contribution is 2.23. The van der Waals surface area contributed by atoms with Crippen LogP contribution in [0.3, 0.4) is 0 Å². The zero-order valence-electron chi connectivity index (χ0n) is 52.9. The summed E-state index contributed by atoms with van der Waals surface area (Å²) >= 11 is 0. The first-order valence-corrected chi connectivity index (χ1v) is 35.2. The number of hydrogen-bond acceptors (Lipinski definition) is 8. The van der Waals surface area contributed by atoms with Gasteiger partial charge in [-0.05, 0) is 51.4 Å². The molecular weight excluding hydrogens is 995 g/mol. The maximum Gasteiger partial charge on any atom is 0.220 e. The Labute approximate surface area is 495 Å². The number of aliphatic hydroxyl groups excluding tert-OH is 5. The zero-order chi connectivity index (χ0) is 57.9. The number of rotatable bonds is 62. The highest BCUT2D eigenvalue weighted by atomic mass is 16.7. The minimum absolute atomic E-state index is 0.172. The van der Waals surface area contributed by atoms with Gasteiger partial charge in [-0.3, -0.25) is 4.79 Å². The van der Waals surface area contributed by atoms with Crippen molar-refractivity contribution in [2.75, 3.05) is 13.2 Å². The van der Waals surface area contributed by atoms with Crippen LogP contribution < -0.4 is 5.32 Å². The molecule has 9 nitrogen and oxygen atoms in total. The molecular formula is C71H135NO8. The molecule has 1 aliphatic rings. The maximum atomic E-state index is 13.1. The molecule has 7 atom stereocenters. The Kier molecular flexibility index (Phi) is 57.8. The van der Waals surface area contributed by atoms with Gasteiger partial charge in [0.2, 0.25) is 5.91 Å². The van der Waals surface area contributed by atoms with E-state index in [-0.39, 0.29) is 12.5 Å². The third-order valence-corrected chi connectivity index (χ3v) is 17.0. The van der Waals surface area contributed by atoms with Crippen molar-refractivity contribution in [1.82, 2.24) is 5.32 Å². The van der Waals surface area contributed by atoms with Gasteiger partial charge in [0.1, 0.15) is 24.4 Å². The predicted molar refractivity (Wildman–Crippen MR) is 341 cm³/mol. The van der Waals surface area contributed by atoms with Crippen molar-refractivity contribution in [2.24, 2.45) is 0 Å². The maximum absolute atomic E-state index is 13.1. The van der Waals surface area contributed by atoms with Crippen LogP contribution in [0, 0.1) is 0 Å². The number of hydrogen-bond donors (Lipinski definition) is 6. The van der Waals surface area contributed by atoms with E-state index in [2.05, 4.69) is 43.5 Å². The number of carbonyl (C=O) groups is 1. The lowest BCUT2D eigenvalue weighted by Crippen LogP contribution is -2.60. The van der Waals surface area contributed by atoms with Crippen molar-refractivity contribution < 1.29 is 39.8 Å². The van der Waals surface area contributed by atoms with E-state index in [9.17, 15) is 30.3 Å². The van der Waals surface area contributed by atoms with Crippen LogP contribution in [0.15, 0.2) is 36.5 Å². The summed E-state index contributed by atoms with van der Waals surface area (Å²) in [6.07, 6.45) is 73.9. The molecule has 1 aliphatic heterocycles. The molecule has 0 saturated carbocycles. The Hall–Kier alpha value is -1.59. The summed E-state index contributed by atoms with van der Waals surface area (Å²) in [5, 5.41) is 54.8. The Balaban J connectivity index is 2.12. The quantitative estimate of drug-likeness (QED) is 0.0261. The van der Waals surface area contributed by atoms with Crippen molar-refractivity contribution in [1.29, 1.82) is 0 Å². The van der Waals surface area contributed by atoms with Gasteiger partial charge >= 0.3 is 0 Å². The van der Waals surface area contributed by atoms with Gasteiger partial charge in [0.15, 0.2) is 6.29 Å². The number of nitrogens with one attached hydrogen (secondary N) is 1. The van der Waals surface area contributed by atoms with Crippen LogP contribution in [0.5, 0.6) is 0 Å². The standard InChI is InChI=1S/C71H135NO8/c1-3-5-7-9-11-13-15-17-19-21-23-25-27-29-30-31-32-33-34-35-37-38-40-42-44-46-48-50-52-54-56-58-60-65(74)64(63-79-71-70(78)69(77)68(76)66(62-73)80-71)72-67(75)61-59-57-55-53-51-49-47-45-43-41-39-36-28-26-24-22-20-18-16-14-12-10-8-6-4-2/h16,18,22,24,58,60,64-66,68-71,73-74,76-78H,3-15,17,19-21,23,25-57,59,61-63H2,1-2H3,(H,72,75)/b18-16-,24-22-,60-58+. The lowest BCUT2D eigenvalue weighted by atomic mass is 9.99. The van der Waals surface area contributed by atoms with E-state index < -0.39 is 49.5 Å². The second-order valence-corrected chi connectivity index (χ2v) is 24.7. The largest absolute Gasteiger partial charge is 0.394 e. The first-order chi connectivity index (χ1) is 39.3. The molecule has 0 bridgehead atoms. The van der Waals surface area contributed by atoms with E-state index >= 15 is 0 Å². The fraction of sp³-hybridized carbons (Fsp3) is 0.901. The molecule has 0 aliphatic carbocycles. The third kappa shape index (κ3) is 48.7. The molecule has 1 heterocycles. The molecule has 0 aromatic carbocycles. The summed E-state index contributed by atoms with van der Waals surface area (Å²) in [6, 6.07) is -0.807. The Bertz CT molecular complexity index is 1360. The minimum atomic E-state index is -1.57. The average molecular weight is 1130 g/mol. The second-order valence-electron chi connectivity index (χ2n) is 24.7. The smallest absolute Gasteiger partial charge is 0.220 e. The van der Waals surface area contributed by atoms with E-state index in [0.29, 0.717) is 6.42 Å². The molecule has 1 amide bonds. The van der Waals surface area contributed by atoms with Gasteiger partial charge in [0.25, 0.3) is 0 Å². The average Bonchev–Trinajstić information content (AvgIpc) is 3.46. The van der Waals surface area contributed by atoms with Gasteiger partial charge in [0, 0.05) is 6.42 Å². The van der Waals surface area contributed by atoms with Crippen molar-refractivity contribution in [3.05, 3.63) is 36.5 Å². The van der Waals surface area contributed by atoms with E-state index in [4.69, 9.17) is 9.47 Å². The highest BCUT2D eigenvalue weighted by Gasteiger charge is 2.44. The van der Waals surface area contributed by atoms with E-state index in [1.54, 1.807) is 6.08 Å². The molecule has 472 valence electrons. The summed E-state index contributed by atoms with van der Waals surface area (Å²) in [7, 11) is 0. The monoisotopic (exact) mass is 1130 g/mol. The Morgan fingerprint density at radius 2 is 0.738 bits per heavy atom. The number of ether oxygens (including phenoxy) is 2. The number of carbonyl (C=O) groups excluding carboxylic acids is 1. The van der Waals surface area contributed by atoms with Crippen LogP contribution >= 0.6 is 0 Å². The molecule has 0 spiro atoms. The van der Waals surface area contributed by atoms with Gasteiger partial charge < -0.3 is 40.3 Å². The Morgan fingerprint density at radius 1 is 0.425 bits per heavy atom. The first kappa shape index (κ1) is 76.4. The lowest BCUT2D eigenvalue weighted by Gasteiger charge is -2.40. The Morgan fingerprint density at radius 3 is 1.07 bits per heavy atom. The number of amides is 1. The van der Waals surface area contributed by atoms with Crippen LogP contribution in [0.2, 0.25) is 0 Å². The van der Waals surface area contributed by atoms with Crippen LogP contribution in [0.4, 0.5) is 0 Å². The molecule has 0 aromatic heterocycles. The predicted octanol–water partition coefficient (Wildman–Crippen LogP) is 19.0. The van der Waals surface area contributed by atoms with Crippen molar-refractivity contribution >= 4 is 5.91 Å². The van der Waals surface area contributed by atoms with E-state index in [1.807, 2.05) is 6.08 Å². The summed E-state index contributed by atoms with van der Waals surface area (Å²) in [5.74, 6) is -0.172. The van der Waals surface area contributed by atoms with Gasteiger partial charge in [0.05, 0.1) is 25.4 Å². The van der Waals surface area contributed by atoms with Crippen LogP contribution in [0.1, 0.15) is 354 Å². The molecule has 1 rings (SSSR count). The second kappa shape index (κ2) is 60.5. The minimum Gasteiger partial charge on any atom is -0.394 e. The highest BCUT2D eigenvalue weighted by molar-refractivity contribution is 5.76. The van der Waals surface area contributed by atoms with Crippen molar-refractivity contribution in [3.63, 3.8) is 0 Å². The van der Waals surface area contributed by atoms with Crippen molar-refractivity contribution in [2.45, 2.75) is 397 Å². The third-order valence-electron chi connectivity index (χ3n) is 17.0. The summed E-state index contributed by atoms with van der Waals surface area (Å²) in [6.45, 7) is 3.82. The SMILES string of the molecule is CCCCCCC/C=C\C/C=C\CCCCCCCCCCCCCCCC(=O)NC(COC1OC(CO)C(O)C(O)C1O)C(O)/C=C/CCCCCCCCCCCCCCCCCCCCCCCCCCCCCCCC. The summed E-state index contributed by atoms with van der Waals surface area (Å²) < 4.78 is 11.3. The summed E-state index contributed by atoms with van der Waals surface area (Å²) in [4.78, 5) is 13.1. The molecule has 6 N–H and O–H groups in total. The molecule has 7 unspecified atom stereocenters. The van der Waals surface area contributed by atoms with E-state index in [0.717, 1.165) is 44.9 Å². The summed E-state index contributed by atoms with van der Waals surface area (Å²) in [5.41, 5.74) is 0. The van der Waals surface area contributed by atoms with Crippen LogP contribution in [-0.2, 0) is 14.3 Å². The molecule has 9 heteroatoms. The first-order valence-electron chi connectivity index (χ1n) is 35.2. The van der Waals surface area contributed by atoms with Crippen LogP contribution in [-0.4, -0.2) is 87.5 Å². The molecule has 1 saturated heterocycles. The van der Waals surface area contributed by atoms with Gasteiger partial charge in [-0.25, -0.2) is 0 Å². The normalized spacial score (nSPS) is 18.6. The molecule has 0 aromatic rings. The number of unbranched alkanes of at least 4 members (excludes halogenated alkanes) is 48. The van der Waals surface area contributed by atoms with Crippen LogP contribution in [0.25, 0.3) is 0 Å². The molecule has 0 radical (unpaired) electrons. The topological polar surface area (TPSA) is 149 Å². The lowest BCUT2D eigenvalue weighted by molar-refractivity contribution is -0.302. The van der Waals surface area contributed by atoms with Gasteiger partial charge in [-0.1, -0.05) is 333 Å². The molecule has 1 fully saturated rings. The zero-order valence-corrected chi connectivity index (χ0v) is 52.9. The number of allylic oxidation sites excluding steroid dienone is 5. The van der Waals surface area contributed by atoms with Gasteiger partial charge in [-0.2, -0.15) is 0 Å². The fourth-order valence-corrected chi connectivity index (χ4v) is 11.4. The number of aliphatic hydroxyl groups is 5. The van der Waals surface area contributed by atoms with E-state index in [1.165, 1.54) is 289 Å². The van der Waals surface area contributed by atoms with Gasteiger partial charge in [-0.15, -0.1) is 0 Å². The fourth-order valence-electron chi connectivity index (χ4n) is 11.4. The van der Waals surface area contributed by atoms with Crippen molar-refractivity contribution in [3.8, 4) is 0 Å².